The molecule has 0 aliphatic rings. The van der Waals surface area contributed by atoms with Gasteiger partial charge in [-0.25, -0.2) is 0 Å². The molecule has 0 aliphatic heterocycles. The molecule has 1 N–H and O–H groups in total. The number of methoxy groups -OCH3 is 1. The summed E-state index contributed by atoms with van der Waals surface area (Å²) in [6.45, 7) is 2.27. The maximum atomic E-state index is 12.4. The van der Waals surface area contributed by atoms with E-state index >= 15 is 0 Å². The van der Waals surface area contributed by atoms with Crippen LogP contribution in [0.2, 0.25) is 5.02 Å². The van der Waals surface area contributed by atoms with Crippen molar-refractivity contribution in [1.29, 1.82) is 0 Å². The second-order valence-electron chi connectivity index (χ2n) is 6.07. The van der Waals surface area contributed by atoms with Gasteiger partial charge in [-0.05, 0) is 48.9 Å². The highest BCUT2D eigenvalue weighted by Gasteiger charge is 2.27. The molecule has 5 heteroatoms. The van der Waals surface area contributed by atoms with Gasteiger partial charge in [0.15, 0.2) is 0 Å². The molecule has 0 aromatic heterocycles. The molecule has 2 aromatic rings. The summed E-state index contributed by atoms with van der Waals surface area (Å²) in [5.74, 6) is -0.134. The van der Waals surface area contributed by atoms with E-state index in [0.29, 0.717) is 17.1 Å². The Bertz CT molecular complexity index is 701. The van der Waals surface area contributed by atoms with Crippen molar-refractivity contribution >= 4 is 23.2 Å². The Kier molecular flexibility index (Phi) is 5.86. The fourth-order valence-corrected chi connectivity index (χ4v) is 2.56. The zero-order valence-electron chi connectivity index (χ0n) is 14.5. The zero-order chi connectivity index (χ0) is 17.7. The average molecular weight is 347 g/mol. The van der Waals surface area contributed by atoms with Crippen LogP contribution in [0.1, 0.15) is 22.8 Å². The largest absolute Gasteiger partial charge is 0.378 e. The van der Waals surface area contributed by atoms with Crippen LogP contribution in [0.15, 0.2) is 48.5 Å². The van der Waals surface area contributed by atoms with Gasteiger partial charge in [0.25, 0.3) is 5.91 Å². The molecule has 1 unspecified atom stereocenters. The van der Waals surface area contributed by atoms with Crippen molar-refractivity contribution in [3.63, 3.8) is 0 Å². The van der Waals surface area contributed by atoms with Crippen LogP contribution in [0.4, 0.5) is 5.69 Å². The Balaban J connectivity index is 2.08. The molecule has 0 bridgehead atoms. The number of amides is 1. The summed E-state index contributed by atoms with van der Waals surface area (Å²) in [5.41, 5.74) is 1.93. The van der Waals surface area contributed by atoms with E-state index in [9.17, 15) is 4.79 Å². The van der Waals surface area contributed by atoms with Crippen LogP contribution in [-0.4, -0.2) is 33.7 Å². The quantitative estimate of drug-likeness (QED) is 0.867. The van der Waals surface area contributed by atoms with E-state index in [-0.39, 0.29) is 5.91 Å². The molecule has 24 heavy (non-hydrogen) atoms. The topological polar surface area (TPSA) is 41.6 Å². The third kappa shape index (κ3) is 4.28. The molecule has 1 atom stereocenters. The zero-order valence-corrected chi connectivity index (χ0v) is 15.2. The van der Waals surface area contributed by atoms with E-state index in [0.717, 1.165) is 11.3 Å². The van der Waals surface area contributed by atoms with Crippen molar-refractivity contribution in [2.45, 2.75) is 12.5 Å². The van der Waals surface area contributed by atoms with Crippen LogP contribution in [-0.2, 0) is 10.3 Å². The van der Waals surface area contributed by atoms with Gasteiger partial charge in [0.1, 0.15) is 5.60 Å². The Morgan fingerprint density at radius 3 is 2.42 bits per heavy atom. The van der Waals surface area contributed by atoms with Gasteiger partial charge < -0.3 is 15.0 Å². The van der Waals surface area contributed by atoms with Crippen molar-refractivity contribution in [2.24, 2.45) is 0 Å². The van der Waals surface area contributed by atoms with Gasteiger partial charge in [-0.2, -0.15) is 0 Å². The lowest BCUT2D eigenvalue weighted by atomic mass is 9.95. The summed E-state index contributed by atoms with van der Waals surface area (Å²) in [5, 5.41) is 3.58. The van der Waals surface area contributed by atoms with Crippen LogP contribution in [0.25, 0.3) is 0 Å². The van der Waals surface area contributed by atoms with E-state index in [1.807, 2.05) is 74.4 Å². The van der Waals surface area contributed by atoms with E-state index < -0.39 is 5.60 Å². The minimum Gasteiger partial charge on any atom is -0.378 e. The van der Waals surface area contributed by atoms with Crippen LogP contribution in [0, 0.1) is 0 Å². The number of carbonyl (C=O) groups excluding carboxylic acids is 1. The number of halogens is 1. The van der Waals surface area contributed by atoms with Gasteiger partial charge >= 0.3 is 0 Å². The highest BCUT2D eigenvalue weighted by molar-refractivity contribution is 6.30. The normalized spacial score (nSPS) is 13.2. The fraction of sp³-hybridized carbons (Fsp3) is 0.316. The number of hydrogen-bond acceptors (Lipinski definition) is 3. The molecule has 2 aromatic carbocycles. The summed E-state index contributed by atoms with van der Waals surface area (Å²) in [7, 11) is 5.55. The molecular weight excluding hydrogens is 324 g/mol. The molecule has 0 fully saturated rings. The lowest BCUT2D eigenvalue weighted by molar-refractivity contribution is 0.00315. The Morgan fingerprint density at radius 1 is 1.21 bits per heavy atom. The van der Waals surface area contributed by atoms with E-state index in [2.05, 4.69) is 5.32 Å². The number of rotatable bonds is 6. The molecule has 1 amide bonds. The number of anilines is 1. The fourth-order valence-electron chi connectivity index (χ4n) is 2.37. The van der Waals surface area contributed by atoms with Gasteiger partial charge in [0, 0.05) is 37.5 Å². The van der Waals surface area contributed by atoms with E-state index in [4.69, 9.17) is 16.3 Å². The summed E-state index contributed by atoms with van der Waals surface area (Å²) in [6.07, 6.45) is 0. The maximum Gasteiger partial charge on any atom is 0.251 e. The van der Waals surface area contributed by atoms with Gasteiger partial charge in [0.2, 0.25) is 0 Å². The van der Waals surface area contributed by atoms with Gasteiger partial charge in [-0.3, -0.25) is 4.79 Å². The van der Waals surface area contributed by atoms with Gasteiger partial charge in [-0.1, -0.05) is 23.7 Å². The molecule has 0 saturated carbocycles. The first kappa shape index (κ1) is 18.3. The second-order valence-corrected chi connectivity index (χ2v) is 6.51. The summed E-state index contributed by atoms with van der Waals surface area (Å²) < 4.78 is 5.64. The number of ether oxygens (including phenoxy) is 1. The lowest BCUT2D eigenvalue weighted by Gasteiger charge is -2.29. The van der Waals surface area contributed by atoms with Gasteiger partial charge in [0.05, 0.1) is 6.54 Å². The first-order valence-corrected chi connectivity index (χ1v) is 8.10. The standard InChI is InChI=1S/C19H23ClN2O2/c1-19(24-4,15-6-5-7-16(20)12-15)13-21-18(23)14-8-10-17(11-9-14)22(2)3/h5-12H,13H2,1-4H3,(H,21,23). The third-order valence-electron chi connectivity index (χ3n) is 4.12. The SMILES string of the molecule is COC(C)(CNC(=O)c1ccc(N(C)C)cc1)c1cccc(Cl)c1. The number of nitrogens with one attached hydrogen (secondary N) is 1. The monoisotopic (exact) mass is 346 g/mol. The highest BCUT2D eigenvalue weighted by atomic mass is 35.5. The first-order chi connectivity index (χ1) is 11.4. The molecule has 4 nitrogen and oxygen atoms in total. The minimum absolute atomic E-state index is 0.134. The smallest absolute Gasteiger partial charge is 0.251 e. The minimum atomic E-state index is -0.649. The van der Waals surface area contributed by atoms with Crippen molar-refractivity contribution in [1.82, 2.24) is 5.32 Å². The molecule has 0 saturated heterocycles. The van der Waals surface area contributed by atoms with Crippen molar-refractivity contribution in [3.8, 4) is 0 Å². The van der Waals surface area contributed by atoms with Crippen LogP contribution in [0.5, 0.6) is 0 Å². The predicted molar refractivity (Wildman–Crippen MR) is 98.9 cm³/mol. The predicted octanol–water partition coefficient (Wildman–Crippen LogP) is 3.70. The Morgan fingerprint density at radius 2 is 1.88 bits per heavy atom. The number of nitrogens with zero attached hydrogens (tertiary/aromatic N) is 1. The summed E-state index contributed by atoms with van der Waals surface area (Å²) >= 11 is 6.06. The lowest BCUT2D eigenvalue weighted by Crippen LogP contribution is -2.40. The first-order valence-electron chi connectivity index (χ1n) is 7.72. The maximum absolute atomic E-state index is 12.4. The summed E-state index contributed by atoms with van der Waals surface area (Å²) in [6, 6.07) is 14.9. The third-order valence-corrected chi connectivity index (χ3v) is 4.35. The molecular formula is C19H23ClN2O2. The second kappa shape index (κ2) is 7.69. The van der Waals surface area contributed by atoms with Crippen molar-refractivity contribution in [2.75, 3.05) is 32.6 Å². The van der Waals surface area contributed by atoms with Gasteiger partial charge in [-0.15, -0.1) is 0 Å². The molecule has 128 valence electrons. The molecule has 2 rings (SSSR count). The molecule has 0 spiro atoms. The van der Waals surface area contributed by atoms with Crippen LogP contribution >= 0.6 is 11.6 Å². The van der Waals surface area contributed by atoms with Crippen LogP contribution in [0.3, 0.4) is 0 Å². The molecule has 0 aliphatic carbocycles. The Labute approximate surface area is 148 Å². The van der Waals surface area contributed by atoms with Crippen LogP contribution < -0.4 is 10.2 Å². The van der Waals surface area contributed by atoms with Crippen molar-refractivity contribution in [3.05, 3.63) is 64.7 Å². The molecule has 0 radical (unpaired) electrons. The number of benzene rings is 2. The Hall–Kier alpha value is -2.04. The van der Waals surface area contributed by atoms with E-state index in [1.54, 1.807) is 7.11 Å². The number of hydrogen-bond donors (Lipinski definition) is 1. The average Bonchev–Trinajstić information content (AvgIpc) is 2.59. The van der Waals surface area contributed by atoms with E-state index in [1.165, 1.54) is 0 Å². The van der Waals surface area contributed by atoms with Crippen molar-refractivity contribution < 1.29 is 9.53 Å². The molecule has 0 heterocycles. The highest BCUT2D eigenvalue weighted by Crippen LogP contribution is 2.26. The summed E-state index contributed by atoms with van der Waals surface area (Å²) in [4.78, 5) is 14.4. The number of carbonyl (C=O) groups is 1.